The van der Waals surface area contributed by atoms with Crippen molar-refractivity contribution in [2.75, 3.05) is 31.3 Å². The summed E-state index contributed by atoms with van der Waals surface area (Å²) in [5, 5.41) is 2.14. The lowest BCUT2D eigenvalue weighted by molar-refractivity contribution is -0.116. The first-order valence-electron chi connectivity index (χ1n) is 7.58. The van der Waals surface area contributed by atoms with Crippen LogP contribution in [-0.4, -0.2) is 50.7 Å². The van der Waals surface area contributed by atoms with Crippen LogP contribution in [0.1, 0.15) is 19.3 Å². The van der Waals surface area contributed by atoms with Gasteiger partial charge in [0, 0.05) is 26.1 Å². The molecular formula is C15H20F2N2O4S. The van der Waals surface area contributed by atoms with Gasteiger partial charge in [-0.3, -0.25) is 4.79 Å². The summed E-state index contributed by atoms with van der Waals surface area (Å²) in [5.74, 6) is -2.44. The summed E-state index contributed by atoms with van der Waals surface area (Å²) in [6.45, 7) is 0.677. The Kier molecular flexibility index (Phi) is 6.25. The number of nitrogens with one attached hydrogen (secondary N) is 1. The smallest absolute Gasteiger partial charge is 0.225 e. The highest BCUT2D eigenvalue weighted by Crippen LogP contribution is 2.19. The van der Waals surface area contributed by atoms with Crippen LogP contribution < -0.4 is 5.32 Å². The minimum atomic E-state index is -3.51. The summed E-state index contributed by atoms with van der Waals surface area (Å²) in [6.07, 6.45) is 2.28. The highest BCUT2D eigenvalue weighted by Gasteiger charge is 2.25. The zero-order valence-corrected chi connectivity index (χ0v) is 14.1. The van der Waals surface area contributed by atoms with E-state index in [1.807, 2.05) is 0 Å². The van der Waals surface area contributed by atoms with Crippen LogP contribution in [0.4, 0.5) is 14.5 Å². The second kappa shape index (κ2) is 8.00. The molecule has 9 heteroatoms. The lowest BCUT2D eigenvalue weighted by Crippen LogP contribution is -2.38. The van der Waals surface area contributed by atoms with E-state index >= 15 is 0 Å². The number of para-hydroxylation sites is 1. The molecule has 1 amide bonds. The molecule has 0 aliphatic carbocycles. The molecule has 0 aromatic heterocycles. The monoisotopic (exact) mass is 362 g/mol. The van der Waals surface area contributed by atoms with Crippen molar-refractivity contribution < 1.29 is 26.7 Å². The van der Waals surface area contributed by atoms with Crippen LogP contribution in [0.25, 0.3) is 0 Å². The number of sulfonamides is 1. The van der Waals surface area contributed by atoms with Crippen LogP contribution in [-0.2, 0) is 19.6 Å². The van der Waals surface area contributed by atoms with E-state index in [4.69, 9.17) is 4.74 Å². The third-order valence-electron chi connectivity index (χ3n) is 3.72. The summed E-state index contributed by atoms with van der Waals surface area (Å²) >= 11 is 0. The van der Waals surface area contributed by atoms with Crippen LogP contribution >= 0.6 is 0 Å². The molecule has 1 fully saturated rings. The molecule has 0 spiro atoms. The maximum atomic E-state index is 13.5. The van der Waals surface area contributed by atoms with Gasteiger partial charge in [-0.25, -0.2) is 17.2 Å². The van der Waals surface area contributed by atoms with E-state index in [1.165, 1.54) is 6.07 Å². The first kappa shape index (κ1) is 18.8. The Hall–Kier alpha value is -1.58. The fourth-order valence-electron chi connectivity index (χ4n) is 2.45. The van der Waals surface area contributed by atoms with E-state index in [2.05, 4.69) is 5.32 Å². The predicted octanol–water partition coefficient (Wildman–Crippen LogP) is 1.73. The first-order chi connectivity index (χ1) is 11.3. The molecule has 0 radical (unpaired) electrons. The largest absolute Gasteiger partial charge is 0.377 e. The predicted molar refractivity (Wildman–Crippen MR) is 85.0 cm³/mol. The maximum Gasteiger partial charge on any atom is 0.225 e. The number of carbonyl (C=O) groups excluding carboxylic acids is 1. The molecule has 1 unspecified atom stereocenters. The molecule has 0 bridgehead atoms. The van der Waals surface area contributed by atoms with Crippen molar-refractivity contribution in [3.05, 3.63) is 29.8 Å². The van der Waals surface area contributed by atoms with Gasteiger partial charge in [-0.1, -0.05) is 6.07 Å². The molecule has 1 aliphatic rings. The topological polar surface area (TPSA) is 75.7 Å². The van der Waals surface area contributed by atoms with Crippen LogP contribution in [0.15, 0.2) is 18.2 Å². The molecule has 24 heavy (non-hydrogen) atoms. The Labute approximate surface area is 139 Å². The number of hydrogen-bond acceptors (Lipinski definition) is 4. The Balaban J connectivity index is 1.94. The number of hydrogen-bond donors (Lipinski definition) is 1. The second-order valence-electron chi connectivity index (χ2n) is 5.65. The van der Waals surface area contributed by atoms with Crippen LogP contribution in [0.2, 0.25) is 0 Å². The number of carbonyl (C=O) groups is 1. The molecule has 1 heterocycles. The van der Waals surface area contributed by atoms with E-state index in [1.54, 1.807) is 0 Å². The number of rotatable bonds is 7. The zero-order chi connectivity index (χ0) is 17.7. The molecule has 1 N–H and O–H groups in total. The molecule has 1 aromatic rings. The molecule has 1 atom stereocenters. The van der Waals surface area contributed by atoms with Crippen LogP contribution in [0, 0.1) is 11.6 Å². The molecular weight excluding hydrogens is 342 g/mol. The number of anilines is 1. The van der Waals surface area contributed by atoms with E-state index in [0.29, 0.717) is 6.61 Å². The summed E-state index contributed by atoms with van der Waals surface area (Å²) in [4.78, 5) is 11.9. The van der Waals surface area contributed by atoms with Gasteiger partial charge in [-0.2, -0.15) is 4.31 Å². The number of ether oxygens (including phenoxy) is 1. The van der Waals surface area contributed by atoms with E-state index < -0.39 is 33.3 Å². The fourth-order valence-corrected chi connectivity index (χ4v) is 3.31. The Morgan fingerprint density at radius 3 is 2.58 bits per heavy atom. The average Bonchev–Trinajstić information content (AvgIpc) is 2.99. The van der Waals surface area contributed by atoms with Crippen LogP contribution in [0.5, 0.6) is 0 Å². The highest BCUT2D eigenvalue weighted by molar-refractivity contribution is 7.88. The Morgan fingerprint density at radius 2 is 2.04 bits per heavy atom. The number of benzene rings is 1. The lowest BCUT2D eigenvalue weighted by Gasteiger charge is -2.22. The summed E-state index contributed by atoms with van der Waals surface area (Å²) in [5.41, 5.74) is -0.535. The third kappa shape index (κ3) is 5.22. The van der Waals surface area contributed by atoms with E-state index in [-0.39, 0.29) is 25.6 Å². The van der Waals surface area contributed by atoms with E-state index in [0.717, 1.165) is 35.5 Å². The number of nitrogens with zero attached hydrogens (tertiary/aromatic N) is 1. The van der Waals surface area contributed by atoms with Crippen LogP contribution in [0.3, 0.4) is 0 Å². The molecule has 6 nitrogen and oxygen atoms in total. The van der Waals surface area contributed by atoms with Gasteiger partial charge in [-0.05, 0) is 25.0 Å². The van der Waals surface area contributed by atoms with Gasteiger partial charge >= 0.3 is 0 Å². The van der Waals surface area contributed by atoms with Gasteiger partial charge in [0.25, 0.3) is 0 Å². The van der Waals surface area contributed by atoms with Gasteiger partial charge in [0.05, 0.1) is 12.4 Å². The second-order valence-corrected chi connectivity index (χ2v) is 7.63. The first-order valence-corrected chi connectivity index (χ1v) is 9.43. The highest BCUT2D eigenvalue weighted by atomic mass is 32.2. The van der Waals surface area contributed by atoms with Gasteiger partial charge in [0.1, 0.15) is 17.3 Å². The van der Waals surface area contributed by atoms with Crippen molar-refractivity contribution in [2.45, 2.75) is 25.4 Å². The van der Waals surface area contributed by atoms with Crippen molar-refractivity contribution in [1.29, 1.82) is 0 Å². The zero-order valence-electron chi connectivity index (χ0n) is 13.3. The van der Waals surface area contributed by atoms with Crippen molar-refractivity contribution in [3.8, 4) is 0 Å². The fraction of sp³-hybridized carbons (Fsp3) is 0.533. The van der Waals surface area contributed by atoms with Gasteiger partial charge in [-0.15, -0.1) is 0 Å². The van der Waals surface area contributed by atoms with Gasteiger partial charge in [0.15, 0.2) is 0 Å². The van der Waals surface area contributed by atoms with Crippen molar-refractivity contribution in [2.24, 2.45) is 0 Å². The number of halogens is 2. The maximum absolute atomic E-state index is 13.5. The number of amides is 1. The van der Waals surface area contributed by atoms with Gasteiger partial charge < -0.3 is 10.1 Å². The van der Waals surface area contributed by atoms with E-state index in [9.17, 15) is 22.0 Å². The minimum absolute atomic E-state index is 0.0827. The van der Waals surface area contributed by atoms with Crippen molar-refractivity contribution in [1.82, 2.24) is 4.31 Å². The SMILES string of the molecule is CS(=O)(=O)N(CCC(=O)Nc1c(F)cccc1F)CC1CCCO1. The molecule has 134 valence electrons. The lowest BCUT2D eigenvalue weighted by atomic mass is 10.2. The third-order valence-corrected chi connectivity index (χ3v) is 4.99. The summed E-state index contributed by atoms with van der Waals surface area (Å²) in [6, 6.07) is 3.24. The van der Waals surface area contributed by atoms with Crippen molar-refractivity contribution in [3.63, 3.8) is 0 Å². The molecule has 1 aliphatic heterocycles. The summed E-state index contributed by atoms with van der Waals surface area (Å²) in [7, 11) is -3.51. The normalized spacial score (nSPS) is 18.1. The molecule has 0 saturated carbocycles. The molecule has 1 saturated heterocycles. The average molecular weight is 362 g/mol. The summed E-state index contributed by atoms with van der Waals surface area (Å²) < 4.78 is 57.2. The van der Waals surface area contributed by atoms with Gasteiger partial charge in [0.2, 0.25) is 15.9 Å². The van der Waals surface area contributed by atoms with Crippen molar-refractivity contribution >= 4 is 21.6 Å². The molecule has 1 aromatic carbocycles. The quantitative estimate of drug-likeness (QED) is 0.802. The standard InChI is InChI=1S/C15H20F2N2O4S/c1-24(21,22)19(10-11-4-3-9-23-11)8-7-14(20)18-15-12(16)5-2-6-13(15)17/h2,5-6,11H,3-4,7-10H2,1H3,(H,18,20). The Morgan fingerprint density at radius 1 is 1.38 bits per heavy atom. The molecule has 2 rings (SSSR count). The Bertz CT molecular complexity index is 670. The minimum Gasteiger partial charge on any atom is -0.377 e.